The molecule has 1 aromatic carbocycles. The molecule has 2 aromatic rings. The van der Waals surface area contributed by atoms with E-state index in [1.807, 2.05) is 6.92 Å². The van der Waals surface area contributed by atoms with Gasteiger partial charge in [0.15, 0.2) is 5.82 Å². The largest absolute Gasteiger partial charge is 0.269 e. The molecule has 4 rings (SSSR count). The van der Waals surface area contributed by atoms with Gasteiger partial charge in [0.25, 0.3) is 5.69 Å². The van der Waals surface area contributed by atoms with E-state index in [0.29, 0.717) is 23.1 Å². The van der Waals surface area contributed by atoms with Gasteiger partial charge in [-0.2, -0.15) is 0 Å². The molecular formula is C17H17N3O2. The summed E-state index contributed by atoms with van der Waals surface area (Å²) in [6.45, 7) is 6.68. The van der Waals surface area contributed by atoms with Crippen LogP contribution in [0.25, 0.3) is 11.4 Å². The minimum absolute atomic E-state index is 0.0876. The zero-order chi connectivity index (χ0) is 15.6. The standard InChI is InChI=1S/C17H17N3O2/c1-9-14-13(8-12-15(14)17(12,2)3)19-16(18-9)10-4-6-11(7-5-10)20(21)22/h4-7,12,15H,8H2,1-3H3/t12-,15+/m0/s1. The Morgan fingerprint density at radius 2 is 1.91 bits per heavy atom. The number of aromatic nitrogens is 2. The van der Waals surface area contributed by atoms with Crippen LogP contribution < -0.4 is 0 Å². The summed E-state index contributed by atoms with van der Waals surface area (Å²) in [6.07, 6.45) is 1.02. The van der Waals surface area contributed by atoms with Crippen molar-refractivity contribution >= 4 is 5.69 Å². The van der Waals surface area contributed by atoms with E-state index in [4.69, 9.17) is 4.98 Å². The van der Waals surface area contributed by atoms with E-state index in [1.54, 1.807) is 12.1 Å². The highest BCUT2D eigenvalue weighted by Crippen LogP contribution is 2.70. The van der Waals surface area contributed by atoms with Crippen molar-refractivity contribution in [2.75, 3.05) is 0 Å². The number of hydrogen-bond acceptors (Lipinski definition) is 4. The summed E-state index contributed by atoms with van der Waals surface area (Å²) >= 11 is 0. The fourth-order valence-electron chi connectivity index (χ4n) is 3.97. The van der Waals surface area contributed by atoms with Crippen LogP contribution in [0.2, 0.25) is 0 Å². The van der Waals surface area contributed by atoms with Crippen LogP contribution >= 0.6 is 0 Å². The molecule has 1 saturated carbocycles. The minimum atomic E-state index is -0.395. The van der Waals surface area contributed by atoms with Crippen molar-refractivity contribution in [1.82, 2.24) is 9.97 Å². The molecular weight excluding hydrogens is 278 g/mol. The number of nitro groups is 1. The third-order valence-corrected chi connectivity index (χ3v) is 5.33. The quantitative estimate of drug-likeness (QED) is 0.626. The Morgan fingerprint density at radius 1 is 1.23 bits per heavy atom. The van der Waals surface area contributed by atoms with E-state index in [0.717, 1.165) is 23.4 Å². The molecule has 0 bridgehead atoms. The molecule has 22 heavy (non-hydrogen) atoms. The number of aryl methyl sites for hydroxylation is 1. The molecule has 0 amide bonds. The molecule has 1 heterocycles. The predicted octanol–water partition coefficient (Wildman–Crippen LogP) is 3.66. The monoisotopic (exact) mass is 295 g/mol. The fourth-order valence-corrected chi connectivity index (χ4v) is 3.97. The summed E-state index contributed by atoms with van der Waals surface area (Å²) in [6, 6.07) is 6.45. The summed E-state index contributed by atoms with van der Waals surface area (Å²) in [5.74, 6) is 1.97. The maximum absolute atomic E-state index is 10.7. The van der Waals surface area contributed by atoms with Crippen LogP contribution in [-0.2, 0) is 6.42 Å². The topological polar surface area (TPSA) is 68.9 Å². The summed E-state index contributed by atoms with van der Waals surface area (Å²) < 4.78 is 0. The molecule has 2 aliphatic carbocycles. The second-order valence-corrected chi connectivity index (χ2v) is 6.91. The van der Waals surface area contributed by atoms with Crippen LogP contribution in [-0.4, -0.2) is 14.9 Å². The van der Waals surface area contributed by atoms with Crippen molar-refractivity contribution in [3.63, 3.8) is 0 Å². The van der Waals surface area contributed by atoms with Gasteiger partial charge in [0.1, 0.15) is 0 Å². The zero-order valence-corrected chi connectivity index (χ0v) is 12.8. The molecule has 1 fully saturated rings. The molecule has 2 atom stereocenters. The summed E-state index contributed by atoms with van der Waals surface area (Å²) in [5, 5.41) is 10.7. The molecule has 0 unspecified atom stereocenters. The van der Waals surface area contributed by atoms with Gasteiger partial charge in [-0.1, -0.05) is 13.8 Å². The average molecular weight is 295 g/mol. The molecule has 1 aromatic heterocycles. The SMILES string of the molecule is Cc1nc(-c2ccc([N+](=O)[O-])cc2)nc2c1[C@H]1[C@H](C2)C1(C)C. The van der Waals surface area contributed by atoms with Gasteiger partial charge in [0.05, 0.1) is 4.92 Å². The summed E-state index contributed by atoms with van der Waals surface area (Å²) in [4.78, 5) is 19.7. The maximum atomic E-state index is 10.7. The Labute approximate surface area is 128 Å². The predicted molar refractivity (Wildman–Crippen MR) is 82.6 cm³/mol. The van der Waals surface area contributed by atoms with E-state index in [1.165, 1.54) is 17.7 Å². The van der Waals surface area contributed by atoms with E-state index in [-0.39, 0.29) is 5.69 Å². The summed E-state index contributed by atoms with van der Waals surface area (Å²) in [7, 11) is 0. The first kappa shape index (κ1) is 13.4. The van der Waals surface area contributed by atoms with Crippen LogP contribution in [0.4, 0.5) is 5.69 Å². The van der Waals surface area contributed by atoms with E-state index in [2.05, 4.69) is 18.8 Å². The Morgan fingerprint density at radius 3 is 2.55 bits per heavy atom. The second kappa shape index (κ2) is 4.12. The third kappa shape index (κ3) is 1.71. The van der Waals surface area contributed by atoms with Crippen molar-refractivity contribution in [3.05, 3.63) is 51.3 Å². The lowest BCUT2D eigenvalue weighted by atomic mass is 9.97. The van der Waals surface area contributed by atoms with Crippen LogP contribution in [0, 0.1) is 28.4 Å². The molecule has 0 saturated heterocycles. The van der Waals surface area contributed by atoms with Gasteiger partial charge in [-0.15, -0.1) is 0 Å². The third-order valence-electron chi connectivity index (χ3n) is 5.33. The van der Waals surface area contributed by atoms with Crippen LogP contribution in [0.15, 0.2) is 24.3 Å². The normalized spacial score (nSPS) is 23.8. The van der Waals surface area contributed by atoms with Gasteiger partial charge in [0, 0.05) is 29.1 Å². The van der Waals surface area contributed by atoms with Crippen molar-refractivity contribution in [2.24, 2.45) is 11.3 Å². The molecule has 2 aliphatic rings. The zero-order valence-electron chi connectivity index (χ0n) is 12.8. The van der Waals surface area contributed by atoms with E-state index in [9.17, 15) is 10.1 Å². The number of rotatable bonds is 2. The average Bonchev–Trinajstić information content (AvgIpc) is 2.86. The van der Waals surface area contributed by atoms with Gasteiger partial charge in [-0.3, -0.25) is 10.1 Å². The molecule has 112 valence electrons. The molecule has 5 heteroatoms. The molecule has 5 nitrogen and oxygen atoms in total. The number of hydrogen-bond donors (Lipinski definition) is 0. The van der Waals surface area contributed by atoms with Gasteiger partial charge >= 0.3 is 0 Å². The Kier molecular flexibility index (Phi) is 2.50. The van der Waals surface area contributed by atoms with Gasteiger partial charge in [0.2, 0.25) is 0 Å². The lowest BCUT2D eigenvalue weighted by Crippen LogP contribution is -2.07. The van der Waals surface area contributed by atoms with E-state index >= 15 is 0 Å². The highest BCUT2D eigenvalue weighted by molar-refractivity contribution is 5.59. The lowest BCUT2D eigenvalue weighted by Gasteiger charge is -2.14. The van der Waals surface area contributed by atoms with Crippen molar-refractivity contribution in [3.8, 4) is 11.4 Å². The van der Waals surface area contributed by atoms with Crippen molar-refractivity contribution < 1.29 is 4.92 Å². The first-order valence-electron chi connectivity index (χ1n) is 7.52. The lowest BCUT2D eigenvalue weighted by molar-refractivity contribution is -0.384. The second-order valence-electron chi connectivity index (χ2n) is 6.91. The van der Waals surface area contributed by atoms with Crippen LogP contribution in [0.1, 0.15) is 36.7 Å². The molecule has 0 N–H and O–H groups in total. The Hall–Kier alpha value is -2.30. The molecule has 0 radical (unpaired) electrons. The highest BCUT2D eigenvalue weighted by Gasteiger charge is 2.63. The molecule has 0 spiro atoms. The van der Waals surface area contributed by atoms with Crippen LogP contribution in [0.5, 0.6) is 0 Å². The highest BCUT2D eigenvalue weighted by atomic mass is 16.6. The van der Waals surface area contributed by atoms with Gasteiger partial charge < -0.3 is 0 Å². The number of fused-ring (bicyclic) bond motifs is 3. The Bertz CT molecular complexity index is 796. The van der Waals surface area contributed by atoms with Crippen molar-refractivity contribution in [2.45, 2.75) is 33.1 Å². The minimum Gasteiger partial charge on any atom is -0.258 e. The molecule has 0 aliphatic heterocycles. The van der Waals surface area contributed by atoms with E-state index < -0.39 is 4.92 Å². The Balaban J connectivity index is 1.73. The van der Waals surface area contributed by atoms with Gasteiger partial charge in [-0.25, -0.2) is 9.97 Å². The smallest absolute Gasteiger partial charge is 0.258 e. The van der Waals surface area contributed by atoms with Crippen molar-refractivity contribution in [1.29, 1.82) is 0 Å². The first-order chi connectivity index (χ1) is 10.4. The number of nitro benzene ring substituents is 1. The van der Waals surface area contributed by atoms with Crippen LogP contribution in [0.3, 0.4) is 0 Å². The summed E-state index contributed by atoms with van der Waals surface area (Å²) in [5.41, 5.74) is 4.85. The number of nitrogens with zero attached hydrogens (tertiary/aromatic N) is 3. The van der Waals surface area contributed by atoms with Gasteiger partial charge in [-0.05, 0) is 48.3 Å². The maximum Gasteiger partial charge on any atom is 0.269 e. The number of non-ortho nitro benzene ring substituents is 1. The number of benzene rings is 1. The first-order valence-corrected chi connectivity index (χ1v) is 7.52. The fraction of sp³-hybridized carbons (Fsp3) is 0.412.